The lowest BCUT2D eigenvalue weighted by molar-refractivity contribution is 0.0129. The maximum absolute atomic E-state index is 12.4. The van der Waals surface area contributed by atoms with Crippen molar-refractivity contribution >= 4 is 40.7 Å². The molecule has 2 aliphatic rings. The van der Waals surface area contributed by atoms with Crippen LogP contribution >= 0.6 is 22.7 Å². The van der Waals surface area contributed by atoms with Crippen molar-refractivity contribution in [3.05, 3.63) is 42.8 Å². The Balaban J connectivity index is 0.000000220. The fourth-order valence-corrected chi connectivity index (χ4v) is 7.23. The van der Waals surface area contributed by atoms with Gasteiger partial charge in [0.05, 0.1) is 26.8 Å². The summed E-state index contributed by atoms with van der Waals surface area (Å²) in [6.07, 6.45) is -0.311. The first-order chi connectivity index (χ1) is 17.3. The van der Waals surface area contributed by atoms with Gasteiger partial charge in [0.2, 0.25) is 0 Å². The molecule has 4 rings (SSSR count). The summed E-state index contributed by atoms with van der Waals surface area (Å²) < 4.78 is 15.0. The molecule has 4 heterocycles. The van der Waals surface area contributed by atoms with E-state index in [0.29, 0.717) is 23.4 Å². The maximum atomic E-state index is 12.4. The zero-order chi connectivity index (χ0) is 27.7. The third-order valence-corrected chi connectivity index (χ3v) is 8.59. The van der Waals surface area contributed by atoms with Gasteiger partial charge in [-0.2, -0.15) is 0 Å². The third-order valence-electron chi connectivity index (χ3n) is 6.12. The van der Waals surface area contributed by atoms with Crippen LogP contribution in [-0.2, 0) is 27.3 Å². The summed E-state index contributed by atoms with van der Waals surface area (Å²) in [5.41, 5.74) is 1.74. The SMILES string of the molecule is COC(=O)c1cc2c(s1)[C@H](C(C)C)N(C(=O)OC(C)(C)C)C2.COC(=O)c1cc2c(s1)[C@H](C(C)C)NC2. The smallest absolute Gasteiger partial charge is 0.411 e. The summed E-state index contributed by atoms with van der Waals surface area (Å²) in [4.78, 5) is 40.9. The Morgan fingerprint density at radius 1 is 0.919 bits per heavy atom. The van der Waals surface area contributed by atoms with E-state index in [4.69, 9.17) is 14.2 Å². The Bertz CT molecular complexity index is 1140. The summed E-state index contributed by atoms with van der Waals surface area (Å²) in [6.45, 7) is 15.4. The highest BCUT2D eigenvalue weighted by Gasteiger charge is 2.40. The zero-order valence-electron chi connectivity index (χ0n) is 23.1. The van der Waals surface area contributed by atoms with Gasteiger partial charge in [-0.15, -0.1) is 22.7 Å². The van der Waals surface area contributed by atoms with E-state index in [9.17, 15) is 14.4 Å². The molecule has 0 radical (unpaired) electrons. The number of hydrogen-bond donors (Lipinski definition) is 1. The highest BCUT2D eigenvalue weighted by Crippen LogP contribution is 2.44. The van der Waals surface area contributed by atoms with E-state index in [-0.39, 0.29) is 30.0 Å². The van der Waals surface area contributed by atoms with Gasteiger partial charge in [0.1, 0.15) is 15.4 Å². The summed E-state index contributed by atoms with van der Waals surface area (Å²) in [5.74, 6) is 0.232. The van der Waals surface area contributed by atoms with Crippen molar-refractivity contribution in [1.29, 1.82) is 0 Å². The second kappa shape index (κ2) is 11.5. The van der Waals surface area contributed by atoms with Gasteiger partial charge in [-0.25, -0.2) is 14.4 Å². The predicted molar refractivity (Wildman–Crippen MR) is 145 cm³/mol. The molecule has 2 aliphatic heterocycles. The molecule has 0 saturated heterocycles. The number of hydrogen-bond acceptors (Lipinski definition) is 9. The van der Waals surface area contributed by atoms with E-state index >= 15 is 0 Å². The molecule has 0 bridgehead atoms. The number of amides is 1. The quantitative estimate of drug-likeness (QED) is 0.352. The molecule has 0 aromatic carbocycles. The molecule has 0 saturated carbocycles. The summed E-state index contributed by atoms with van der Waals surface area (Å²) in [5, 5.41) is 3.44. The van der Waals surface area contributed by atoms with Crippen molar-refractivity contribution in [2.45, 2.75) is 79.2 Å². The topological polar surface area (TPSA) is 94.2 Å². The Morgan fingerprint density at radius 2 is 1.46 bits per heavy atom. The van der Waals surface area contributed by atoms with Gasteiger partial charge in [-0.1, -0.05) is 27.7 Å². The third kappa shape index (κ3) is 6.53. The van der Waals surface area contributed by atoms with Gasteiger partial charge in [-0.05, 0) is 55.9 Å². The first kappa shape index (κ1) is 29.1. The summed E-state index contributed by atoms with van der Waals surface area (Å²) >= 11 is 2.96. The molecule has 0 fully saturated rings. The Hall–Kier alpha value is -2.43. The predicted octanol–water partition coefficient (Wildman–Crippen LogP) is 6.32. The molecule has 0 aliphatic carbocycles. The average molecular weight is 551 g/mol. The van der Waals surface area contributed by atoms with Crippen LogP contribution in [0.5, 0.6) is 0 Å². The van der Waals surface area contributed by atoms with E-state index in [1.807, 2.05) is 32.9 Å². The van der Waals surface area contributed by atoms with Crippen LogP contribution in [0.4, 0.5) is 4.79 Å². The molecule has 1 N–H and O–H groups in total. The number of esters is 2. The highest BCUT2D eigenvalue weighted by atomic mass is 32.1. The molecular formula is C27H38N2O6S2. The van der Waals surface area contributed by atoms with Crippen LogP contribution in [0.1, 0.15) is 101 Å². The lowest BCUT2D eigenvalue weighted by atomic mass is 10.0. The molecule has 8 nitrogen and oxygen atoms in total. The van der Waals surface area contributed by atoms with Crippen molar-refractivity contribution < 1.29 is 28.6 Å². The molecule has 1 amide bonds. The van der Waals surface area contributed by atoms with Gasteiger partial charge < -0.3 is 19.5 Å². The van der Waals surface area contributed by atoms with Gasteiger partial charge in [0.25, 0.3) is 0 Å². The van der Waals surface area contributed by atoms with Crippen molar-refractivity contribution in [2.75, 3.05) is 14.2 Å². The first-order valence-electron chi connectivity index (χ1n) is 12.4. The van der Waals surface area contributed by atoms with Crippen molar-refractivity contribution in [3.8, 4) is 0 Å². The lowest BCUT2D eigenvalue weighted by Crippen LogP contribution is -2.37. The average Bonchev–Trinajstić information content (AvgIpc) is 3.55. The second-order valence-electron chi connectivity index (χ2n) is 10.9. The van der Waals surface area contributed by atoms with Crippen molar-refractivity contribution in [1.82, 2.24) is 10.2 Å². The van der Waals surface area contributed by atoms with Crippen LogP contribution in [0, 0.1) is 11.8 Å². The highest BCUT2D eigenvalue weighted by molar-refractivity contribution is 7.14. The van der Waals surface area contributed by atoms with Crippen molar-refractivity contribution in [2.24, 2.45) is 11.8 Å². The summed E-state index contributed by atoms with van der Waals surface area (Å²) in [6, 6.07) is 4.10. The number of carbonyl (C=O) groups excluding carboxylic acids is 3. The largest absolute Gasteiger partial charge is 0.465 e. The number of nitrogens with zero attached hydrogens (tertiary/aromatic N) is 1. The number of fused-ring (bicyclic) bond motifs is 2. The molecule has 10 heteroatoms. The lowest BCUT2D eigenvalue weighted by Gasteiger charge is -2.30. The van der Waals surface area contributed by atoms with Gasteiger partial charge >= 0.3 is 18.0 Å². The van der Waals surface area contributed by atoms with Crippen LogP contribution < -0.4 is 5.32 Å². The van der Waals surface area contributed by atoms with E-state index in [0.717, 1.165) is 21.9 Å². The number of methoxy groups -OCH3 is 2. The molecule has 37 heavy (non-hydrogen) atoms. The maximum Gasteiger partial charge on any atom is 0.411 e. The fourth-order valence-electron chi connectivity index (χ4n) is 4.50. The molecule has 2 atom stereocenters. The number of thiophene rings is 2. The van der Waals surface area contributed by atoms with E-state index in [1.165, 1.54) is 36.0 Å². The van der Waals surface area contributed by atoms with Gasteiger partial charge in [0.15, 0.2) is 0 Å². The van der Waals surface area contributed by atoms with Crippen molar-refractivity contribution in [3.63, 3.8) is 0 Å². The number of carbonyl (C=O) groups is 3. The molecule has 0 unspecified atom stereocenters. The monoisotopic (exact) mass is 550 g/mol. The van der Waals surface area contributed by atoms with E-state index < -0.39 is 5.60 Å². The standard InChI is InChI=1S/C16H23NO4S.C11H15NO2S/c1-9(2)12-13-10(7-11(22-13)14(18)20-6)8-17(12)15(19)21-16(3,4)5;1-6(2)9-10-7(5-12-9)4-8(15-10)11(13)14-3/h7,9,12H,8H2,1-6H3;4,6,9,12H,5H2,1-3H3/t12-;9-/m00/s1. The fraction of sp³-hybridized carbons (Fsp3) is 0.593. The summed E-state index contributed by atoms with van der Waals surface area (Å²) in [7, 11) is 2.80. The van der Waals surface area contributed by atoms with Crippen LogP contribution in [0.2, 0.25) is 0 Å². The number of rotatable bonds is 4. The molecule has 2 aromatic rings. The second-order valence-corrected chi connectivity index (χ2v) is 13.1. The Kier molecular flexibility index (Phi) is 9.08. The Morgan fingerprint density at radius 3 is 1.95 bits per heavy atom. The van der Waals surface area contributed by atoms with Crippen LogP contribution in [0.15, 0.2) is 12.1 Å². The number of nitrogens with one attached hydrogen (secondary N) is 1. The molecule has 0 spiro atoms. The molecular weight excluding hydrogens is 512 g/mol. The normalized spacial score (nSPS) is 18.3. The van der Waals surface area contributed by atoms with Gasteiger partial charge in [-0.3, -0.25) is 4.90 Å². The van der Waals surface area contributed by atoms with Crippen LogP contribution in [0.25, 0.3) is 0 Å². The minimum atomic E-state index is -0.522. The Labute approximate surface area is 227 Å². The van der Waals surface area contributed by atoms with Crippen LogP contribution in [-0.4, -0.2) is 42.8 Å². The number of ether oxygens (including phenoxy) is 3. The zero-order valence-corrected chi connectivity index (χ0v) is 24.7. The first-order valence-corrected chi connectivity index (χ1v) is 14.1. The van der Waals surface area contributed by atoms with Gasteiger partial charge in [0, 0.05) is 22.3 Å². The molecule has 2 aromatic heterocycles. The van der Waals surface area contributed by atoms with E-state index in [2.05, 4.69) is 33.0 Å². The van der Waals surface area contributed by atoms with Crippen LogP contribution in [0.3, 0.4) is 0 Å². The molecule has 204 valence electrons. The minimum Gasteiger partial charge on any atom is -0.465 e. The van der Waals surface area contributed by atoms with E-state index in [1.54, 1.807) is 16.2 Å². The minimum absolute atomic E-state index is 0.0618.